The molecule has 0 aliphatic carbocycles. The van der Waals surface area contributed by atoms with E-state index in [4.69, 9.17) is 10.7 Å². The Morgan fingerprint density at radius 1 is 1.12 bits per heavy atom. The monoisotopic (exact) mass is 445 g/mol. The summed E-state index contributed by atoms with van der Waals surface area (Å²) >= 11 is 1.35. The zero-order chi connectivity index (χ0) is 22.2. The number of hydrogen-bond donors (Lipinski definition) is 3. The average Bonchev–Trinajstić information content (AvgIpc) is 3.48. The molecule has 5 aromatic rings. The smallest absolute Gasteiger partial charge is 0.248 e. The number of nitrogens with zero attached hydrogens (tertiary/aromatic N) is 6. The topological polar surface area (TPSA) is 129 Å². The number of nitrogens with one attached hydrogen (secondary N) is 2. The standard InChI is InChI=1S/C21H19N9OS/c1-12-9-17(32-28-12)26-21-25-16-7-8-30(15-10-23-29(2)11-15)18(16)20(27-21)24-14-5-3-13(4-6-14)19(22)31/h3-11H,1-2H3,(H2,22,31)(H2,24,25,26,27). The fourth-order valence-corrected chi connectivity index (χ4v) is 3.98. The van der Waals surface area contributed by atoms with E-state index in [-0.39, 0.29) is 0 Å². The highest BCUT2D eigenvalue weighted by molar-refractivity contribution is 7.10. The molecule has 0 aliphatic rings. The number of aromatic nitrogens is 6. The summed E-state index contributed by atoms with van der Waals surface area (Å²) in [5.74, 6) is 0.568. The van der Waals surface area contributed by atoms with Crippen LogP contribution in [0.15, 0.2) is 55.0 Å². The van der Waals surface area contributed by atoms with E-state index in [1.165, 1.54) is 11.5 Å². The van der Waals surface area contributed by atoms with E-state index in [9.17, 15) is 4.79 Å². The van der Waals surface area contributed by atoms with Gasteiger partial charge in [0.2, 0.25) is 11.9 Å². The van der Waals surface area contributed by atoms with Gasteiger partial charge in [-0.2, -0.15) is 14.5 Å². The van der Waals surface area contributed by atoms with Crippen LogP contribution in [0.25, 0.3) is 16.7 Å². The molecule has 0 spiro atoms. The maximum atomic E-state index is 11.4. The molecule has 0 bridgehead atoms. The zero-order valence-corrected chi connectivity index (χ0v) is 18.1. The molecule has 0 fully saturated rings. The molecule has 160 valence electrons. The van der Waals surface area contributed by atoms with Crippen LogP contribution in [0.2, 0.25) is 0 Å². The lowest BCUT2D eigenvalue weighted by Crippen LogP contribution is -2.10. The normalized spacial score (nSPS) is 11.1. The van der Waals surface area contributed by atoms with E-state index in [0.717, 1.165) is 33.1 Å². The second-order valence-electron chi connectivity index (χ2n) is 7.21. The molecule has 0 saturated heterocycles. The van der Waals surface area contributed by atoms with Gasteiger partial charge in [-0.25, -0.2) is 4.98 Å². The fraction of sp³-hybridized carbons (Fsp3) is 0.0952. The Morgan fingerprint density at radius 3 is 2.59 bits per heavy atom. The van der Waals surface area contributed by atoms with Crippen molar-refractivity contribution < 1.29 is 4.79 Å². The summed E-state index contributed by atoms with van der Waals surface area (Å²) in [6.07, 6.45) is 5.62. The number of primary amides is 1. The number of rotatable bonds is 6. The Kier molecular flexibility index (Phi) is 4.79. The number of aryl methyl sites for hydroxylation is 2. The van der Waals surface area contributed by atoms with E-state index in [1.54, 1.807) is 35.1 Å². The van der Waals surface area contributed by atoms with Gasteiger partial charge in [0.1, 0.15) is 10.5 Å². The molecule has 11 heteroatoms. The minimum absolute atomic E-state index is 0.435. The van der Waals surface area contributed by atoms with Gasteiger partial charge in [-0.1, -0.05) is 0 Å². The third-order valence-corrected chi connectivity index (χ3v) is 5.59. The van der Waals surface area contributed by atoms with Gasteiger partial charge in [0.25, 0.3) is 0 Å². The molecule has 5 rings (SSSR count). The number of anilines is 4. The SMILES string of the molecule is Cc1cc(Nc2nc(Nc3ccc(C(N)=O)cc3)c3c(ccn3-c3cnn(C)c3)n2)sn1. The lowest BCUT2D eigenvalue weighted by atomic mass is 10.2. The molecule has 0 unspecified atom stereocenters. The van der Waals surface area contributed by atoms with Gasteiger partial charge in [-0.3, -0.25) is 9.48 Å². The van der Waals surface area contributed by atoms with Gasteiger partial charge in [-0.05, 0) is 54.9 Å². The molecule has 1 amide bonds. The summed E-state index contributed by atoms with van der Waals surface area (Å²) in [4.78, 5) is 20.8. The number of benzene rings is 1. The van der Waals surface area contributed by atoms with Crippen LogP contribution in [0.1, 0.15) is 16.1 Å². The molecule has 10 nitrogen and oxygen atoms in total. The summed E-state index contributed by atoms with van der Waals surface area (Å²) in [6.45, 7) is 1.93. The zero-order valence-electron chi connectivity index (χ0n) is 17.3. The molecular weight excluding hydrogens is 426 g/mol. The molecule has 4 N–H and O–H groups in total. The minimum Gasteiger partial charge on any atom is -0.366 e. The van der Waals surface area contributed by atoms with Crippen LogP contribution in [0.5, 0.6) is 0 Å². The lowest BCUT2D eigenvalue weighted by molar-refractivity contribution is 0.100. The second-order valence-corrected chi connectivity index (χ2v) is 8.02. The largest absolute Gasteiger partial charge is 0.366 e. The number of fused-ring (bicyclic) bond motifs is 1. The highest BCUT2D eigenvalue weighted by Crippen LogP contribution is 2.30. The van der Waals surface area contributed by atoms with Crippen LogP contribution in [0.3, 0.4) is 0 Å². The van der Waals surface area contributed by atoms with Crippen LogP contribution in [-0.4, -0.2) is 34.6 Å². The van der Waals surface area contributed by atoms with E-state index in [0.29, 0.717) is 17.3 Å². The van der Waals surface area contributed by atoms with Crippen molar-refractivity contribution in [1.82, 2.24) is 28.7 Å². The Balaban J connectivity index is 1.60. The molecule has 0 aliphatic heterocycles. The number of carbonyl (C=O) groups excluding carboxylic acids is 1. The minimum atomic E-state index is -0.474. The quantitative estimate of drug-likeness (QED) is 0.365. The van der Waals surface area contributed by atoms with E-state index in [2.05, 4.69) is 25.1 Å². The molecule has 0 saturated carbocycles. The Labute approximate surface area is 186 Å². The summed E-state index contributed by atoms with van der Waals surface area (Å²) in [5.41, 5.74) is 9.91. The van der Waals surface area contributed by atoms with Crippen LogP contribution in [0, 0.1) is 6.92 Å². The van der Waals surface area contributed by atoms with Crippen LogP contribution in [0.4, 0.5) is 22.5 Å². The molecule has 4 aromatic heterocycles. The number of amides is 1. The van der Waals surface area contributed by atoms with Gasteiger partial charge in [0, 0.05) is 30.7 Å². The molecule has 4 heterocycles. The Hall–Kier alpha value is -4.25. The van der Waals surface area contributed by atoms with Gasteiger partial charge in [-0.15, -0.1) is 0 Å². The summed E-state index contributed by atoms with van der Waals surface area (Å²) in [5, 5.41) is 11.7. The fourth-order valence-electron chi connectivity index (χ4n) is 3.32. The molecule has 0 atom stereocenters. The highest BCUT2D eigenvalue weighted by Gasteiger charge is 2.16. The van der Waals surface area contributed by atoms with Crippen LogP contribution in [-0.2, 0) is 7.05 Å². The third-order valence-electron chi connectivity index (χ3n) is 4.80. The van der Waals surface area contributed by atoms with Crippen molar-refractivity contribution in [3.05, 3.63) is 66.2 Å². The van der Waals surface area contributed by atoms with Crippen molar-refractivity contribution in [2.75, 3.05) is 10.6 Å². The van der Waals surface area contributed by atoms with Gasteiger partial charge < -0.3 is 20.9 Å². The maximum absolute atomic E-state index is 11.4. The summed E-state index contributed by atoms with van der Waals surface area (Å²) in [6, 6.07) is 10.8. The predicted octanol–water partition coefficient (Wildman–Crippen LogP) is 3.51. The third kappa shape index (κ3) is 3.76. The van der Waals surface area contributed by atoms with Crippen molar-refractivity contribution in [3.8, 4) is 5.69 Å². The summed E-state index contributed by atoms with van der Waals surface area (Å²) in [7, 11) is 1.87. The predicted molar refractivity (Wildman–Crippen MR) is 124 cm³/mol. The van der Waals surface area contributed by atoms with E-state index in [1.807, 2.05) is 43.1 Å². The van der Waals surface area contributed by atoms with Crippen LogP contribution >= 0.6 is 11.5 Å². The lowest BCUT2D eigenvalue weighted by Gasteiger charge is -2.12. The van der Waals surface area contributed by atoms with Crippen molar-refractivity contribution in [2.24, 2.45) is 12.8 Å². The van der Waals surface area contributed by atoms with Gasteiger partial charge in [0.15, 0.2) is 5.82 Å². The highest BCUT2D eigenvalue weighted by atomic mass is 32.1. The number of hydrogen-bond acceptors (Lipinski definition) is 8. The molecule has 1 aromatic carbocycles. The number of nitrogens with two attached hydrogens (primary N) is 1. The Morgan fingerprint density at radius 2 is 1.94 bits per heavy atom. The van der Waals surface area contributed by atoms with Crippen LogP contribution < -0.4 is 16.4 Å². The van der Waals surface area contributed by atoms with Gasteiger partial charge >= 0.3 is 0 Å². The first kappa shape index (κ1) is 19.7. The first-order chi connectivity index (χ1) is 15.5. The second kappa shape index (κ2) is 7.78. The number of carbonyl (C=O) groups is 1. The molecular formula is C21H19N9OS. The average molecular weight is 446 g/mol. The first-order valence-corrected chi connectivity index (χ1v) is 10.5. The van der Waals surface area contributed by atoms with Crippen molar-refractivity contribution in [3.63, 3.8) is 0 Å². The van der Waals surface area contributed by atoms with Gasteiger partial charge in [0.05, 0.1) is 23.1 Å². The Bertz CT molecular complexity index is 1430. The maximum Gasteiger partial charge on any atom is 0.248 e. The van der Waals surface area contributed by atoms with E-state index < -0.39 is 5.91 Å². The molecule has 0 radical (unpaired) electrons. The van der Waals surface area contributed by atoms with Crippen molar-refractivity contribution in [2.45, 2.75) is 6.92 Å². The van der Waals surface area contributed by atoms with Crippen molar-refractivity contribution >= 4 is 50.9 Å². The molecule has 32 heavy (non-hydrogen) atoms. The van der Waals surface area contributed by atoms with Crippen molar-refractivity contribution in [1.29, 1.82) is 0 Å². The van der Waals surface area contributed by atoms with E-state index >= 15 is 0 Å². The first-order valence-electron chi connectivity index (χ1n) is 9.71. The summed E-state index contributed by atoms with van der Waals surface area (Å²) < 4.78 is 8.00.